The molecule has 1 aromatic rings. The molecule has 7 nitrogen and oxygen atoms in total. The third-order valence-corrected chi connectivity index (χ3v) is 3.99. The van der Waals surface area contributed by atoms with Gasteiger partial charge in [0.25, 0.3) is 0 Å². The number of carbonyl (C=O) groups excluding carboxylic acids is 2. The van der Waals surface area contributed by atoms with Gasteiger partial charge in [0.2, 0.25) is 5.91 Å². The third-order valence-electron chi connectivity index (χ3n) is 3.99. The number of carboxylic acids is 1. The Morgan fingerprint density at radius 2 is 1.67 bits per heavy atom. The van der Waals surface area contributed by atoms with E-state index in [0.29, 0.717) is 19.5 Å². The number of urea groups is 1. The summed E-state index contributed by atoms with van der Waals surface area (Å²) >= 11 is 0. The highest BCUT2D eigenvalue weighted by Gasteiger charge is 2.16. The van der Waals surface area contributed by atoms with Crippen molar-refractivity contribution in [2.24, 2.45) is 0 Å². The van der Waals surface area contributed by atoms with E-state index < -0.39 is 5.97 Å². The molecule has 1 aromatic carbocycles. The van der Waals surface area contributed by atoms with Gasteiger partial charge < -0.3 is 20.6 Å². The van der Waals surface area contributed by atoms with Crippen LogP contribution in [-0.4, -0.2) is 47.5 Å². The van der Waals surface area contributed by atoms with E-state index in [1.165, 1.54) is 18.6 Å². The third kappa shape index (κ3) is 5.57. The van der Waals surface area contributed by atoms with Crippen molar-refractivity contribution in [2.45, 2.75) is 32.2 Å². The number of hydrogen-bond donors (Lipinski definition) is 3. The van der Waals surface area contributed by atoms with Gasteiger partial charge in [-0.15, -0.1) is 0 Å². The first kappa shape index (κ1) is 17.8. The summed E-state index contributed by atoms with van der Waals surface area (Å²) in [4.78, 5) is 36.3. The Kier molecular flexibility index (Phi) is 6.60. The molecule has 1 fully saturated rings. The molecule has 1 aliphatic rings. The van der Waals surface area contributed by atoms with Crippen LogP contribution in [0.5, 0.6) is 0 Å². The van der Waals surface area contributed by atoms with Crippen LogP contribution in [0.25, 0.3) is 0 Å². The maximum Gasteiger partial charge on any atom is 0.335 e. The number of aromatic carboxylic acids is 1. The zero-order chi connectivity index (χ0) is 17.4. The lowest BCUT2D eigenvalue weighted by Crippen LogP contribution is -2.40. The quantitative estimate of drug-likeness (QED) is 0.736. The molecule has 0 atom stereocenters. The second-order valence-corrected chi connectivity index (χ2v) is 5.80. The first-order valence-electron chi connectivity index (χ1n) is 8.18. The molecule has 3 N–H and O–H groups in total. The molecule has 7 heteroatoms. The van der Waals surface area contributed by atoms with E-state index in [4.69, 9.17) is 5.11 Å². The molecule has 2 rings (SSSR count). The van der Waals surface area contributed by atoms with E-state index in [1.807, 2.05) is 4.90 Å². The largest absolute Gasteiger partial charge is 0.478 e. The normalized spacial score (nSPS) is 14.1. The summed E-state index contributed by atoms with van der Waals surface area (Å²) in [7, 11) is 0. The number of carbonyl (C=O) groups is 3. The van der Waals surface area contributed by atoms with Crippen molar-refractivity contribution in [3.05, 3.63) is 35.4 Å². The molecule has 0 saturated carbocycles. The second kappa shape index (κ2) is 8.90. The minimum atomic E-state index is -0.981. The monoisotopic (exact) mass is 333 g/mol. The van der Waals surface area contributed by atoms with Gasteiger partial charge >= 0.3 is 12.0 Å². The van der Waals surface area contributed by atoms with Crippen LogP contribution < -0.4 is 10.6 Å². The lowest BCUT2D eigenvalue weighted by atomic mass is 10.1. The topological polar surface area (TPSA) is 98.7 Å². The Morgan fingerprint density at radius 1 is 1.00 bits per heavy atom. The smallest absolute Gasteiger partial charge is 0.335 e. The van der Waals surface area contributed by atoms with Crippen molar-refractivity contribution in [1.29, 1.82) is 0 Å². The molecular formula is C17H23N3O4. The zero-order valence-electron chi connectivity index (χ0n) is 13.6. The SMILES string of the molecule is O=C(NCCC(=O)N1CCCCC1)NCc1ccc(C(=O)O)cc1. The molecule has 3 amide bonds. The number of hydrogen-bond acceptors (Lipinski definition) is 3. The summed E-state index contributed by atoms with van der Waals surface area (Å²) in [6.07, 6.45) is 3.60. The molecule has 1 heterocycles. The average molecular weight is 333 g/mol. The highest BCUT2D eigenvalue weighted by molar-refractivity contribution is 5.87. The van der Waals surface area contributed by atoms with Gasteiger partial charge in [-0.05, 0) is 37.0 Å². The van der Waals surface area contributed by atoms with Crippen LogP contribution in [0.2, 0.25) is 0 Å². The number of rotatable bonds is 6. The Bertz CT molecular complexity index is 580. The van der Waals surface area contributed by atoms with Gasteiger partial charge in [0.15, 0.2) is 0 Å². The molecule has 0 aliphatic carbocycles. The fourth-order valence-corrected chi connectivity index (χ4v) is 2.59. The minimum Gasteiger partial charge on any atom is -0.478 e. The van der Waals surface area contributed by atoms with Crippen LogP contribution in [0.1, 0.15) is 41.6 Å². The second-order valence-electron chi connectivity index (χ2n) is 5.80. The van der Waals surface area contributed by atoms with E-state index >= 15 is 0 Å². The lowest BCUT2D eigenvalue weighted by molar-refractivity contribution is -0.131. The van der Waals surface area contributed by atoms with Crippen LogP contribution in [0.4, 0.5) is 4.79 Å². The average Bonchev–Trinajstić information content (AvgIpc) is 2.61. The van der Waals surface area contributed by atoms with Crippen molar-refractivity contribution in [2.75, 3.05) is 19.6 Å². The van der Waals surface area contributed by atoms with Crippen molar-refractivity contribution < 1.29 is 19.5 Å². The standard InChI is InChI=1S/C17H23N3O4/c21-15(20-10-2-1-3-11-20)8-9-18-17(24)19-12-13-4-6-14(7-5-13)16(22)23/h4-7H,1-3,8-12H2,(H,22,23)(H2,18,19,24). The summed E-state index contributed by atoms with van der Waals surface area (Å²) in [5.41, 5.74) is 1.01. The summed E-state index contributed by atoms with van der Waals surface area (Å²) < 4.78 is 0. The van der Waals surface area contributed by atoms with E-state index in [9.17, 15) is 14.4 Å². The van der Waals surface area contributed by atoms with Crippen LogP contribution in [0, 0.1) is 0 Å². The molecule has 0 unspecified atom stereocenters. The predicted octanol–water partition coefficient (Wildman–Crippen LogP) is 1.59. The van der Waals surface area contributed by atoms with E-state index in [0.717, 1.165) is 31.5 Å². The highest BCUT2D eigenvalue weighted by Crippen LogP contribution is 2.09. The van der Waals surface area contributed by atoms with Crippen LogP contribution >= 0.6 is 0 Å². The van der Waals surface area contributed by atoms with Gasteiger partial charge in [-0.3, -0.25) is 4.79 Å². The Hall–Kier alpha value is -2.57. The molecular weight excluding hydrogens is 310 g/mol. The van der Waals surface area contributed by atoms with Gasteiger partial charge in [-0.2, -0.15) is 0 Å². The van der Waals surface area contributed by atoms with Gasteiger partial charge in [0.1, 0.15) is 0 Å². The first-order valence-corrected chi connectivity index (χ1v) is 8.18. The summed E-state index contributed by atoms with van der Waals surface area (Å²) in [5, 5.41) is 14.2. The van der Waals surface area contributed by atoms with E-state index in [2.05, 4.69) is 10.6 Å². The summed E-state index contributed by atoms with van der Waals surface area (Å²) in [6, 6.07) is 5.96. The first-order chi connectivity index (χ1) is 11.6. The summed E-state index contributed by atoms with van der Waals surface area (Å²) in [5.74, 6) is -0.898. The van der Waals surface area contributed by atoms with Gasteiger partial charge in [0, 0.05) is 32.6 Å². The minimum absolute atomic E-state index is 0.0826. The number of benzene rings is 1. The van der Waals surface area contributed by atoms with Crippen LogP contribution in [0.15, 0.2) is 24.3 Å². The molecule has 0 radical (unpaired) electrons. The van der Waals surface area contributed by atoms with E-state index in [1.54, 1.807) is 12.1 Å². The van der Waals surface area contributed by atoms with Crippen LogP contribution in [-0.2, 0) is 11.3 Å². The highest BCUT2D eigenvalue weighted by atomic mass is 16.4. The number of carboxylic acid groups (broad SMARTS) is 1. The predicted molar refractivity (Wildman–Crippen MR) is 88.7 cm³/mol. The number of nitrogens with one attached hydrogen (secondary N) is 2. The van der Waals surface area contributed by atoms with Crippen LogP contribution in [0.3, 0.4) is 0 Å². The number of amides is 3. The maximum absolute atomic E-state index is 12.0. The van der Waals surface area contributed by atoms with Crippen molar-refractivity contribution >= 4 is 17.9 Å². The lowest BCUT2D eigenvalue weighted by Gasteiger charge is -2.26. The van der Waals surface area contributed by atoms with E-state index in [-0.39, 0.29) is 17.5 Å². The molecule has 1 saturated heterocycles. The van der Waals surface area contributed by atoms with Gasteiger partial charge in [-0.1, -0.05) is 12.1 Å². The molecule has 0 aromatic heterocycles. The molecule has 0 spiro atoms. The Labute approximate surface area is 141 Å². The van der Waals surface area contributed by atoms with Crippen molar-refractivity contribution in [3.8, 4) is 0 Å². The van der Waals surface area contributed by atoms with Gasteiger partial charge in [0.05, 0.1) is 5.56 Å². The molecule has 24 heavy (non-hydrogen) atoms. The zero-order valence-corrected chi connectivity index (χ0v) is 13.6. The number of piperidine rings is 1. The Balaban J connectivity index is 1.64. The van der Waals surface area contributed by atoms with Crippen molar-refractivity contribution in [3.63, 3.8) is 0 Å². The molecule has 1 aliphatic heterocycles. The number of likely N-dealkylation sites (tertiary alicyclic amines) is 1. The summed E-state index contributed by atoms with van der Waals surface area (Å²) in [6.45, 7) is 2.24. The molecule has 0 bridgehead atoms. The molecule has 130 valence electrons. The van der Waals surface area contributed by atoms with Gasteiger partial charge in [-0.25, -0.2) is 9.59 Å². The maximum atomic E-state index is 12.0. The fraction of sp³-hybridized carbons (Fsp3) is 0.471. The Morgan fingerprint density at radius 3 is 2.29 bits per heavy atom. The number of nitrogens with zero attached hydrogens (tertiary/aromatic N) is 1. The fourth-order valence-electron chi connectivity index (χ4n) is 2.59. The van der Waals surface area contributed by atoms with Crippen molar-refractivity contribution in [1.82, 2.24) is 15.5 Å².